The largest absolute Gasteiger partial charge is 0.480 e. The van der Waals surface area contributed by atoms with Gasteiger partial charge in [-0.15, -0.1) is 0 Å². The third-order valence-corrected chi connectivity index (χ3v) is 9.21. The van der Waals surface area contributed by atoms with Gasteiger partial charge in [-0.25, -0.2) is 18.2 Å². The van der Waals surface area contributed by atoms with E-state index in [2.05, 4.69) is 20.3 Å². The molecule has 0 radical (unpaired) electrons. The number of carbonyl (C=O) groups excluding carboxylic acids is 1. The van der Waals surface area contributed by atoms with E-state index in [1.54, 1.807) is 32.2 Å². The summed E-state index contributed by atoms with van der Waals surface area (Å²) in [4.78, 5) is 41.8. The number of anilines is 1. The molecule has 5 N–H and O–H groups in total. The zero-order valence-corrected chi connectivity index (χ0v) is 26.0. The summed E-state index contributed by atoms with van der Waals surface area (Å²) in [6.45, 7) is 4.41. The molecule has 0 bridgehead atoms. The molecule has 45 heavy (non-hydrogen) atoms. The van der Waals surface area contributed by atoms with Crippen molar-refractivity contribution in [2.75, 3.05) is 31.6 Å². The highest BCUT2D eigenvalue weighted by Crippen LogP contribution is 2.24. The van der Waals surface area contributed by atoms with E-state index in [1.807, 2.05) is 49.4 Å². The Morgan fingerprint density at radius 1 is 1.02 bits per heavy atom. The van der Waals surface area contributed by atoms with Gasteiger partial charge in [0.05, 0.1) is 23.6 Å². The number of pyridine rings is 1. The van der Waals surface area contributed by atoms with Gasteiger partial charge in [0.1, 0.15) is 18.5 Å². The minimum atomic E-state index is -4.20. The van der Waals surface area contributed by atoms with Crippen molar-refractivity contribution >= 4 is 33.8 Å². The van der Waals surface area contributed by atoms with Gasteiger partial charge in [-0.05, 0) is 56.0 Å². The van der Waals surface area contributed by atoms with E-state index < -0.39 is 59.3 Å². The van der Waals surface area contributed by atoms with Crippen molar-refractivity contribution in [3.8, 4) is 11.1 Å². The smallest absolute Gasteiger partial charge is 0.407 e. The lowest BCUT2D eigenvalue weighted by Crippen LogP contribution is -2.49. The minimum absolute atomic E-state index is 0.0118. The molecule has 1 saturated heterocycles. The van der Waals surface area contributed by atoms with Crippen molar-refractivity contribution < 1.29 is 37.8 Å². The molecular formula is C31H37N5O8S. The highest BCUT2D eigenvalue weighted by molar-refractivity contribution is 7.89. The van der Waals surface area contributed by atoms with Crippen LogP contribution in [0.15, 0.2) is 65.7 Å². The van der Waals surface area contributed by atoms with Gasteiger partial charge < -0.3 is 30.5 Å². The number of carbonyl (C=O) groups is 3. The molecule has 13 nitrogen and oxygen atoms in total. The zero-order chi connectivity index (χ0) is 32.7. The zero-order valence-electron chi connectivity index (χ0n) is 25.2. The van der Waals surface area contributed by atoms with Crippen LogP contribution in [-0.2, 0) is 24.3 Å². The summed E-state index contributed by atoms with van der Waals surface area (Å²) < 4.78 is 33.8. The summed E-state index contributed by atoms with van der Waals surface area (Å²) in [5.74, 6) is -1.55. The SMILES string of the molecule is Cc1cc(C)c(S(=O)(=O)NC(CNC(=O)COC2CC(CNc3ccc(-c4ccccc4)cn3)N(C(=O)O)C2)C(=O)O)c(C)c1. The topological polar surface area (TPSA) is 187 Å². The number of nitrogens with one attached hydrogen (secondary N) is 3. The van der Waals surface area contributed by atoms with Gasteiger partial charge in [-0.3, -0.25) is 9.59 Å². The maximum absolute atomic E-state index is 13.0. The molecule has 240 valence electrons. The fourth-order valence-electron chi connectivity index (χ4n) is 5.42. The van der Waals surface area contributed by atoms with Crippen molar-refractivity contribution in [2.45, 2.75) is 50.3 Å². The summed E-state index contributed by atoms with van der Waals surface area (Å²) in [6, 6.07) is 14.8. The van der Waals surface area contributed by atoms with Gasteiger partial charge in [-0.1, -0.05) is 48.0 Å². The monoisotopic (exact) mass is 639 g/mol. The quantitative estimate of drug-likeness (QED) is 0.186. The third kappa shape index (κ3) is 8.77. The molecule has 14 heteroatoms. The molecule has 0 saturated carbocycles. The van der Waals surface area contributed by atoms with E-state index in [9.17, 15) is 33.0 Å². The number of aliphatic carboxylic acids is 1. The molecule has 2 heterocycles. The molecule has 3 unspecified atom stereocenters. The van der Waals surface area contributed by atoms with E-state index in [-0.39, 0.29) is 18.0 Å². The highest BCUT2D eigenvalue weighted by Gasteiger charge is 2.36. The predicted molar refractivity (Wildman–Crippen MR) is 166 cm³/mol. The standard InChI is InChI=1S/C31H37N5O8S/c1-19-11-20(2)29(21(3)12-19)45(42,43)35-26(30(38)39)16-34-28(37)18-44-25-13-24(36(17-25)31(40)41)15-33-27-10-9-23(14-32-27)22-7-5-4-6-8-22/h4-12,14,24-26,35H,13,15-18H2,1-3H3,(H,32,33)(H,34,37)(H,38,39)(H,40,41). The van der Waals surface area contributed by atoms with E-state index in [4.69, 9.17) is 4.74 Å². The number of aromatic nitrogens is 1. The van der Waals surface area contributed by atoms with Gasteiger partial charge in [0, 0.05) is 24.8 Å². The number of carboxylic acid groups (broad SMARTS) is 2. The van der Waals surface area contributed by atoms with Crippen LogP contribution in [0.4, 0.5) is 10.6 Å². The number of likely N-dealkylation sites (tertiary alicyclic amines) is 1. The average molecular weight is 640 g/mol. The van der Waals surface area contributed by atoms with Crippen LogP contribution < -0.4 is 15.4 Å². The summed E-state index contributed by atoms with van der Waals surface area (Å²) in [6.07, 6.45) is 0.353. The van der Waals surface area contributed by atoms with Gasteiger partial charge in [0.25, 0.3) is 0 Å². The molecule has 2 aromatic carbocycles. The molecule has 1 aromatic heterocycles. The van der Waals surface area contributed by atoms with Gasteiger partial charge in [0.2, 0.25) is 15.9 Å². The molecule has 2 amide bonds. The maximum atomic E-state index is 13.0. The first-order chi connectivity index (χ1) is 21.3. The number of rotatable bonds is 13. The Morgan fingerprint density at radius 3 is 2.31 bits per heavy atom. The van der Waals surface area contributed by atoms with Crippen molar-refractivity contribution in [3.63, 3.8) is 0 Å². The number of benzene rings is 2. The van der Waals surface area contributed by atoms with E-state index in [1.165, 1.54) is 4.90 Å². The molecule has 4 rings (SSSR count). The summed E-state index contributed by atoms with van der Waals surface area (Å²) >= 11 is 0. The van der Waals surface area contributed by atoms with E-state index in [0.717, 1.165) is 16.7 Å². The fraction of sp³-hybridized carbons (Fsp3) is 0.355. The highest BCUT2D eigenvalue weighted by atomic mass is 32.2. The maximum Gasteiger partial charge on any atom is 0.407 e. The molecule has 3 aromatic rings. The Bertz CT molecular complexity index is 1610. The molecule has 1 aliphatic heterocycles. The lowest BCUT2D eigenvalue weighted by atomic mass is 10.1. The lowest BCUT2D eigenvalue weighted by Gasteiger charge is -2.21. The van der Waals surface area contributed by atoms with E-state index >= 15 is 0 Å². The third-order valence-electron chi connectivity index (χ3n) is 7.43. The van der Waals surface area contributed by atoms with Crippen molar-refractivity contribution in [1.29, 1.82) is 0 Å². The molecule has 1 aliphatic rings. The molecule has 1 fully saturated rings. The number of hydrogen-bond donors (Lipinski definition) is 5. The number of aryl methyl sites for hydroxylation is 3. The Kier molecular flexibility index (Phi) is 10.8. The Balaban J connectivity index is 1.27. The van der Waals surface area contributed by atoms with Crippen LogP contribution in [0, 0.1) is 20.8 Å². The Hall–Kier alpha value is -4.53. The summed E-state index contributed by atoms with van der Waals surface area (Å²) in [5.41, 5.74) is 3.79. The van der Waals surface area contributed by atoms with Gasteiger partial charge in [-0.2, -0.15) is 4.72 Å². The number of carboxylic acids is 1. The first-order valence-electron chi connectivity index (χ1n) is 14.3. The van der Waals surface area contributed by atoms with Gasteiger partial charge >= 0.3 is 12.1 Å². The Morgan fingerprint density at radius 2 is 1.71 bits per heavy atom. The van der Waals surface area contributed by atoms with Gasteiger partial charge in [0.15, 0.2) is 0 Å². The number of amides is 2. The second-order valence-electron chi connectivity index (χ2n) is 11.0. The van der Waals surface area contributed by atoms with E-state index in [0.29, 0.717) is 23.4 Å². The fourth-order valence-corrected chi connectivity index (χ4v) is 7.06. The van der Waals surface area contributed by atoms with Crippen molar-refractivity contribution in [1.82, 2.24) is 19.9 Å². The van der Waals surface area contributed by atoms with Crippen LogP contribution in [0.2, 0.25) is 0 Å². The minimum Gasteiger partial charge on any atom is -0.480 e. The van der Waals surface area contributed by atoms with Crippen LogP contribution in [0.3, 0.4) is 0 Å². The van der Waals surface area contributed by atoms with Crippen LogP contribution in [0.5, 0.6) is 0 Å². The van der Waals surface area contributed by atoms with Crippen LogP contribution in [0.1, 0.15) is 23.1 Å². The number of sulfonamides is 1. The van der Waals surface area contributed by atoms with Crippen molar-refractivity contribution in [3.05, 3.63) is 77.5 Å². The molecular weight excluding hydrogens is 602 g/mol. The number of hydrogen-bond acceptors (Lipinski definition) is 8. The number of ether oxygens (including phenoxy) is 1. The Labute approximate surface area is 261 Å². The number of nitrogens with zero attached hydrogens (tertiary/aromatic N) is 2. The molecule has 3 atom stereocenters. The lowest BCUT2D eigenvalue weighted by molar-refractivity contribution is -0.139. The first-order valence-corrected chi connectivity index (χ1v) is 15.8. The second kappa shape index (κ2) is 14.5. The van der Waals surface area contributed by atoms with Crippen molar-refractivity contribution in [2.24, 2.45) is 0 Å². The normalized spacial score (nSPS) is 17.1. The predicted octanol–water partition coefficient (Wildman–Crippen LogP) is 2.77. The molecule has 0 spiro atoms. The summed E-state index contributed by atoms with van der Waals surface area (Å²) in [7, 11) is -4.20. The first kappa shape index (κ1) is 33.4. The molecule has 0 aliphatic carbocycles. The van der Waals surface area contributed by atoms with Crippen LogP contribution in [0.25, 0.3) is 11.1 Å². The summed E-state index contributed by atoms with van der Waals surface area (Å²) in [5, 5.41) is 24.8. The second-order valence-corrected chi connectivity index (χ2v) is 12.6. The van der Waals surface area contributed by atoms with Crippen LogP contribution >= 0.6 is 0 Å². The van der Waals surface area contributed by atoms with Crippen LogP contribution in [-0.4, -0.2) is 90.9 Å². The average Bonchev–Trinajstić information content (AvgIpc) is 3.40.